The molecule has 0 saturated heterocycles. The number of halogens is 3. The zero-order chi connectivity index (χ0) is 14.5. The average Bonchev–Trinajstić information content (AvgIpc) is 2.42. The highest BCUT2D eigenvalue weighted by atomic mass is 19.2. The fraction of sp³-hybridized carbons (Fsp3) is 0.133. The van der Waals surface area contributed by atoms with Crippen molar-refractivity contribution in [2.45, 2.75) is 12.8 Å². The van der Waals surface area contributed by atoms with Crippen molar-refractivity contribution >= 4 is 11.6 Å². The lowest BCUT2D eigenvalue weighted by Crippen LogP contribution is -2.13. The van der Waals surface area contributed by atoms with E-state index >= 15 is 0 Å². The molecular formula is C15H12F3NO. The first kappa shape index (κ1) is 14.1. The molecule has 0 spiro atoms. The molecule has 0 aromatic heterocycles. The van der Waals surface area contributed by atoms with Crippen molar-refractivity contribution < 1.29 is 18.0 Å². The number of rotatable bonds is 4. The molecule has 2 aromatic carbocycles. The minimum atomic E-state index is -1.03. The molecule has 0 atom stereocenters. The van der Waals surface area contributed by atoms with Crippen LogP contribution in [-0.4, -0.2) is 5.91 Å². The summed E-state index contributed by atoms with van der Waals surface area (Å²) >= 11 is 0. The largest absolute Gasteiger partial charge is 0.326 e. The third-order valence-electron chi connectivity index (χ3n) is 2.78. The summed E-state index contributed by atoms with van der Waals surface area (Å²) in [6, 6.07) is 9.27. The van der Waals surface area contributed by atoms with E-state index < -0.39 is 11.6 Å². The number of anilines is 1. The molecule has 20 heavy (non-hydrogen) atoms. The normalized spacial score (nSPS) is 10.3. The van der Waals surface area contributed by atoms with E-state index in [0.29, 0.717) is 5.56 Å². The van der Waals surface area contributed by atoms with Crippen LogP contribution in [-0.2, 0) is 11.2 Å². The zero-order valence-electron chi connectivity index (χ0n) is 10.5. The Hall–Kier alpha value is -2.30. The van der Waals surface area contributed by atoms with E-state index in [-0.39, 0.29) is 30.3 Å². The van der Waals surface area contributed by atoms with Gasteiger partial charge in [0.2, 0.25) is 5.91 Å². The molecule has 0 aliphatic carbocycles. The van der Waals surface area contributed by atoms with Gasteiger partial charge in [0, 0.05) is 18.2 Å². The van der Waals surface area contributed by atoms with Gasteiger partial charge in [-0.05, 0) is 30.2 Å². The maximum atomic E-state index is 13.3. The topological polar surface area (TPSA) is 29.1 Å². The molecule has 104 valence electrons. The Balaban J connectivity index is 1.93. The Kier molecular flexibility index (Phi) is 4.40. The molecule has 0 heterocycles. The third kappa shape index (κ3) is 3.60. The molecule has 2 rings (SSSR count). The van der Waals surface area contributed by atoms with Crippen LogP contribution in [0.3, 0.4) is 0 Å². The molecule has 0 unspecified atom stereocenters. The second-order valence-electron chi connectivity index (χ2n) is 4.27. The first-order chi connectivity index (χ1) is 9.56. The molecule has 0 fully saturated rings. The summed E-state index contributed by atoms with van der Waals surface area (Å²) < 4.78 is 39.0. The van der Waals surface area contributed by atoms with Gasteiger partial charge in [0.15, 0.2) is 11.6 Å². The fourth-order valence-electron chi connectivity index (χ4n) is 1.75. The van der Waals surface area contributed by atoms with Crippen LogP contribution in [0, 0.1) is 17.5 Å². The summed E-state index contributed by atoms with van der Waals surface area (Å²) in [4.78, 5) is 11.6. The second-order valence-corrected chi connectivity index (χ2v) is 4.27. The number of carbonyl (C=O) groups is 1. The van der Waals surface area contributed by atoms with Gasteiger partial charge >= 0.3 is 0 Å². The fourth-order valence-corrected chi connectivity index (χ4v) is 1.75. The summed E-state index contributed by atoms with van der Waals surface area (Å²) in [6.07, 6.45) is 0.294. The van der Waals surface area contributed by atoms with Crippen molar-refractivity contribution in [3.8, 4) is 0 Å². The van der Waals surface area contributed by atoms with E-state index in [1.54, 1.807) is 18.2 Å². The van der Waals surface area contributed by atoms with Crippen LogP contribution in [0.1, 0.15) is 12.0 Å². The van der Waals surface area contributed by atoms with Crippen molar-refractivity contribution in [2.24, 2.45) is 0 Å². The van der Waals surface area contributed by atoms with Crippen LogP contribution >= 0.6 is 0 Å². The zero-order valence-corrected chi connectivity index (χ0v) is 10.5. The maximum absolute atomic E-state index is 13.3. The van der Waals surface area contributed by atoms with E-state index in [2.05, 4.69) is 5.32 Å². The van der Waals surface area contributed by atoms with E-state index in [1.165, 1.54) is 12.1 Å². The van der Waals surface area contributed by atoms with Crippen molar-refractivity contribution in [2.75, 3.05) is 5.32 Å². The van der Waals surface area contributed by atoms with Crippen molar-refractivity contribution in [3.63, 3.8) is 0 Å². The molecule has 0 radical (unpaired) electrons. The summed E-state index contributed by atoms with van der Waals surface area (Å²) in [5, 5.41) is 2.43. The Morgan fingerprint density at radius 2 is 1.70 bits per heavy atom. The van der Waals surface area contributed by atoms with Crippen molar-refractivity contribution in [1.29, 1.82) is 0 Å². The number of benzene rings is 2. The highest BCUT2D eigenvalue weighted by molar-refractivity contribution is 5.90. The average molecular weight is 279 g/mol. The number of hydrogen-bond acceptors (Lipinski definition) is 1. The lowest BCUT2D eigenvalue weighted by molar-refractivity contribution is -0.116. The Bertz CT molecular complexity index is 628. The lowest BCUT2D eigenvalue weighted by atomic mass is 10.1. The number of hydrogen-bond donors (Lipinski definition) is 1. The molecule has 0 bridgehead atoms. The van der Waals surface area contributed by atoms with E-state index in [1.807, 2.05) is 0 Å². The minimum Gasteiger partial charge on any atom is -0.326 e. The maximum Gasteiger partial charge on any atom is 0.224 e. The van der Waals surface area contributed by atoms with Gasteiger partial charge in [-0.3, -0.25) is 4.79 Å². The van der Waals surface area contributed by atoms with Crippen LogP contribution in [0.25, 0.3) is 0 Å². The molecule has 1 amide bonds. The molecule has 0 aliphatic rings. The molecule has 0 aliphatic heterocycles. The van der Waals surface area contributed by atoms with Crippen molar-refractivity contribution in [3.05, 3.63) is 65.5 Å². The van der Waals surface area contributed by atoms with Gasteiger partial charge in [0.25, 0.3) is 0 Å². The quantitative estimate of drug-likeness (QED) is 0.909. The van der Waals surface area contributed by atoms with E-state index in [4.69, 9.17) is 0 Å². The highest BCUT2D eigenvalue weighted by Gasteiger charge is 2.08. The monoisotopic (exact) mass is 279 g/mol. The van der Waals surface area contributed by atoms with Crippen LogP contribution in [0.5, 0.6) is 0 Å². The highest BCUT2D eigenvalue weighted by Crippen LogP contribution is 2.14. The van der Waals surface area contributed by atoms with E-state index in [0.717, 1.165) is 12.1 Å². The number of nitrogens with one attached hydrogen (secondary N) is 1. The van der Waals surface area contributed by atoms with Gasteiger partial charge in [-0.1, -0.05) is 18.2 Å². The summed E-state index contributed by atoms with van der Waals surface area (Å²) in [6.45, 7) is 0. The lowest BCUT2D eigenvalue weighted by Gasteiger charge is -2.06. The number of carbonyl (C=O) groups excluding carboxylic acids is 1. The van der Waals surface area contributed by atoms with Gasteiger partial charge in [-0.15, -0.1) is 0 Å². The SMILES string of the molecule is O=C(CCc1ccccc1F)Nc1ccc(F)c(F)c1. The van der Waals surface area contributed by atoms with Gasteiger partial charge in [0.1, 0.15) is 5.82 Å². The van der Waals surface area contributed by atoms with Crippen molar-refractivity contribution in [1.82, 2.24) is 0 Å². The smallest absolute Gasteiger partial charge is 0.224 e. The Morgan fingerprint density at radius 1 is 0.950 bits per heavy atom. The standard InChI is InChI=1S/C15H12F3NO/c16-12-4-2-1-3-10(12)5-8-15(20)19-11-6-7-13(17)14(18)9-11/h1-4,6-7,9H,5,8H2,(H,19,20). The first-order valence-electron chi connectivity index (χ1n) is 6.04. The van der Waals surface area contributed by atoms with Gasteiger partial charge in [0.05, 0.1) is 0 Å². The Morgan fingerprint density at radius 3 is 2.40 bits per heavy atom. The van der Waals surface area contributed by atoms with Crippen LogP contribution in [0.2, 0.25) is 0 Å². The van der Waals surface area contributed by atoms with Crippen LogP contribution in [0.15, 0.2) is 42.5 Å². The molecule has 2 aromatic rings. The second kappa shape index (κ2) is 6.23. The summed E-state index contributed by atoms with van der Waals surface area (Å²) in [5.41, 5.74) is 0.607. The predicted molar refractivity (Wildman–Crippen MR) is 69.7 cm³/mol. The van der Waals surface area contributed by atoms with Gasteiger partial charge in [-0.2, -0.15) is 0 Å². The van der Waals surface area contributed by atoms with E-state index in [9.17, 15) is 18.0 Å². The number of amides is 1. The van der Waals surface area contributed by atoms with Gasteiger partial charge in [-0.25, -0.2) is 13.2 Å². The van der Waals surface area contributed by atoms with Crippen LogP contribution < -0.4 is 5.32 Å². The predicted octanol–water partition coefficient (Wildman–Crippen LogP) is 3.68. The Labute approximate surface area is 114 Å². The molecule has 2 nitrogen and oxygen atoms in total. The third-order valence-corrected chi connectivity index (χ3v) is 2.78. The molecule has 5 heteroatoms. The molecular weight excluding hydrogens is 267 g/mol. The molecule has 0 saturated carbocycles. The summed E-state index contributed by atoms with van der Waals surface area (Å²) in [5.74, 6) is -2.77. The minimum absolute atomic E-state index is 0.0555. The first-order valence-corrected chi connectivity index (χ1v) is 6.04. The number of aryl methyl sites for hydroxylation is 1. The molecule has 1 N–H and O–H groups in total. The van der Waals surface area contributed by atoms with Gasteiger partial charge < -0.3 is 5.32 Å². The van der Waals surface area contributed by atoms with Crippen LogP contribution in [0.4, 0.5) is 18.9 Å². The summed E-state index contributed by atoms with van der Waals surface area (Å²) in [7, 11) is 0.